The van der Waals surface area contributed by atoms with Gasteiger partial charge in [-0.15, -0.1) is 0 Å². The lowest BCUT2D eigenvalue weighted by atomic mass is 10.1. The third kappa shape index (κ3) is 4.61. The van der Waals surface area contributed by atoms with E-state index in [1.165, 1.54) is 5.56 Å². The molecule has 3 aromatic carbocycles. The second-order valence-electron chi connectivity index (χ2n) is 8.90. The van der Waals surface area contributed by atoms with Crippen LogP contribution in [-0.4, -0.2) is 42.8 Å². The maximum Gasteiger partial charge on any atom is 0.227 e. The van der Waals surface area contributed by atoms with Gasteiger partial charge in [-0.25, -0.2) is 4.98 Å². The molecule has 186 valence electrons. The third-order valence-corrected chi connectivity index (χ3v) is 6.77. The first kappa shape index (κ1) is 23.7. The predicted molar refractivity (Wildman–Crippen MR) is 140 cm³/mol. The Hall–Kier alpha value is -4.00. The summed E-state index contributed by atoms with van der Waals surface area (Å²) in [6.07, 6.45) is 1.38. The van der Waals surface area contributed by atoms with E-state index in [-0.39, 0.29) is 11.8 Å². The van der Waals surface area contributed by atoms with Gasteiger partial charge in [-0.3, -0.25) is 4.79 Å². The number of carbonyl (C=O) groups excluding carboxylic acids is 1. The molecule has 0 spiro atoms. The summed E-state index contributed by atoms with van der Waals surface area (Å²) in [6, 6.07) is 21.8. The average molecular weight is 486 g/mol. The molecule has 0 bridgehead atoms. The normalized spacial score (nSPS) is 15.5. The molecule has 1 aliphatic heterocycles. The molecular formula is C29H31N3O4. The van der Waals surface area contributed by atoms with Crippen LogP contribution in [0.1, 0.15) is 30.7 Å². The van der Waals surface area contributed by atoms with Gasteiger partial charge in [0.25, 0.3) is 0 Å². The van der Waals surface area contributed by atoms with Crippen LogP contribution in [-0.2, 0) is 17.8 Å². The number of hydrogen-bond donors (Lipinski definition) is 0. The highest BCUT2D eigenvalue weighted by Gasteiger charge is 2.36. The van der Waals surface area contributed by atoms with E-state index in [0.717, 1.165) is 29.0 Å². The Morgan fingerprint density at radius 2 is 1.75 bits per heavy atom. The number of imidazole rings is 1. The van der Waals surface area contributed by atoms with Crippen molar-refractivity contribution in [3.8, 4) is 17.2 Å². The molecule has 4 aromatic rings. The Bertz CT molecular complexity index is 1360. The van der Waals surface area contributed by atoms with Crippen LogP contribution in [0, 0.1) is 0 Å². The van der Waals surface area contributed by atoms with Gasteiger partial charge in [-0.2, -0.15) is 0 Å². The van der Waals surface area contributed by atoms with Crippen molar-refractivity contribution in [2.45, 2.75) is 32.2 Å². The third-order valence-electron chi connectivity index (χ3n) is 6.77. The van der Waals surface area contributed by atoms with E-state index in [1.54, 1.807) is 19.1 Å². The molecule has 0 aliphatic carbocycles. The van der Waals surface area contributed by atoms with Gasteiger partial charge in [-0.05, 0) is 48.4 Å². The molecule has 0 N–H and O–H groups in total. The first-order valence-corrected chi connectivity index (χ1v) is 12.3. The van der Waals surface area contributed by atoms with Gasteiger partial charge in [0, 0.05) is 24.9 Å². The van der Waals surface area contributed by atoms with Crippen LogP contribution in [0.5, 0.6) is 17.2 Å². The van der Waals surface area contributed by atoms with Crippen molar-refractivity contribution in [1.29, 1.82) is 0 Å². The summed E-state index contributed by atoms with van der Waals surface area (Å²) in [4.78, 5) is 19.9. The summed E-state index contributed by atoms with van der Waals surface area (Å²) in [6.45, 7) is 3.80. The maximum absolute atomic E-state index is 13.2. The molecule has 2 heterocycles. The van der Waals surface area contributed by atoms with Gasteiger partial charge in [0.05, 0.1) is 37.5 Å². The van der Waals surface area contributed by atoms with Crippen molar-refractivity contribution in [2.24, 2.45) is 0 Å². The number of methoxy groups -OCH3 is 2. The lowest BCUT2D eigenvalue weighted by Gasteiger charge is -2.20. The molecule has 7 nitrogen and oxygen atoms in total. The molecule has 0 saturated carbocycles. The van der Waals surface area contributed by atoms with Crippen LogP contribution in [0.4, 0.5) is 5.69 Å². The van der Waals surface area contributed by atoms with Crippen molar-refractivity contribution >= 4 is 22.6 Å². The molecule has 1 aromatic heterocycles. The van der Waals surface area contributed by atoms with E-state index < -0.39 is 0 Å². The molecule has 5 rings (SSSR count). The van der Waals surface area contributed by atoms with Crippen LogP contribution in [0.25, 0.3) is 11.0 Å². The molecule has 1 unspecified atom stereocenters. The van der Waals surface area contributed by atoms with Crippen molar-refractivity contribution in [1.82, 2.24) is 9.55 Å². The van der Waals surface area contributed by atoms with Crippen LogP contribution >= 0.6 is 0 Å². The number of carbonyl (C=O) groups is 1. The van der Waals surface area contributed by atoms with E-state index in [4.69, 9.17) is 19.2 Å². The summed E-state index contributed by atoms with van der Waals surface area (Å²) in [5.74, 6) is 3.06. The number of nitrogens with zero attached hydrogens (tertiary/aromatic N) is 3. The zero-order chi connectivity index (χ0) is 25.1. The minimum absolute atomic E-state index is 0.0393. The second-order valence-corrected chi connectivity index (χ2v) is 8.90. The highest BCUT2D eigenvalue weighted by molar-refractivity contribution is 5.98. The Balaban J connectivity index is 1.40. The highest BCUT2D eigenvalue weighted by Crippen LogP contribution is 2.39. The van der Waals surface area contributed by atoms with E-state index in [1.807, 2.05) is 48.5 Å². The number of para-hydroxylation sites is 2. The lowest BCUT2D eigenvalue weighted by Crippen LogP contribution is -2.25. The molecule has 36 heavy (non-hydrogen) atoms. The average Bonchev–Trinajstić information content (AvgIpc) is 3.49. The van der Waals surface area contributed by atoms with Gasteiger partial charge in [0.15, 0.2) is 0 Å². The van der Waals surface area contributed by atoms with Crippen molar-refractivity contribution < 1.29 is 19.0 Å². The van der Waals surface area contributed by atoms with E-state index in [9.17, 15) is 4.79 Å². The maximum atomic E-state index is 13.2. The van der Waals surface area contributed by atoms with Gasteiger partial charge >= 0.3 is 0 Å². The van der Waals surface area contributed by atoms with E-state index in [2.05, 4.69) is 29.7 Å². The monoisotopic (exact) mass is 485 g/mol. The quantitative estimate of drug-likeness (QED) is 0.325. The SMILES string of the molecule is CCc1ccc(OCCn2c(C3CC(=O)N(c4cc(OC)ccc4OC)C3)nc3ccccc32)cc1. The lowest BCUT2D eigenvalue weighted by molar-refractivity contribution is -0.117. The molecule has 0 radical (unpaired) electrons. The summed E-state index contributed by atoms with van der Waals surface area (Å²) in [5, 5.41) is 0. The number of ether oxygens (including phenoxy) is 3. The number of hydrogen-bond acceptors (Lipinski definition) is 5. The minimum Gasteiger partial charge on any atom is -0.497 e. The first-order valence-electron chi connectivity index (χ1n) is 12.3. The summed E-state index contributed by atoms with van der Waals surface area (Å²) < 4.78 is 19.2. The van der Waals surface area contributed by atoms with E-state index >= 15 is 0 Å². The van der Waals surface area contributed by atoms with Crippen molar-refractivity contribution in [3.63, 3.8) is 0 Å². The zero-order valence-electron chi connectivity index (χ0n) is 20.9. The molecule has 1 amide bonds. The Labute approximate surface area is 211 Å². The summed E-state index contributed by atoms with van der Waals surface area (Å²) >= 11 is 0. The Morgan fingerprint density at radius 1 is 0.972 bits per heavy atom. The topological polar surface area (TPSA) is 65.8 Å². The van der Waals surface area contributed by atoms with Gasteiger partial charge < -0.3 is 23.7 Å². The summed E-state index contributed by atoms with van der Waals surface area (Å²) in [7, 11) is 3.22. The first-order chi connectivity index (χ1) is 17.6. The fraction of sp³-hybridized carbons (Fsp3) is 0.310. The smallest absolute Gasteiger partial charge is 0.227 e. The molecular weight excluding hydrogens is 454 g/mol. The van der Waals surface area contributed by atoms with Crippen molar-refractivity contribution in [3.05, 3.63) is 78.1 Å². The zero-order valence-corrected chi connectivity index (χ0v) is 20.9. The number of rotatable bonds is 9. The molecule has 7 heteroatoms. The van der Waals surface area contributed by atoms with E-state index in [0.29, 0.717) is 43.3 Å². The molecule has 1 fully saturated rings. The number of fused-ring (bicyclic) bond motifs is 1. The molecule has 1 aliphatic rings. The Morgan fingerprint density at radius 3 is 2.50 bits per heavy atom. The van der Waals surface area contributed by atoms with Crippen LogP contribution in [0.3, 0.4) is 0 Å². The fourth-order valence-electron chi connectivity index (χ4n) is 4.84. The van der Waals surface area contributed by atoms with Crippen molar-refractivity contribution in [2.75, 3.05) is 32.3 Å². The standard InChI is InChI=1S/C29H31N3O4/c1-4-20-9-11-22(12-10-20)36-16-15-31-25-8-6-5-7-24(25)30-29(31)21-17-28(33)32(19-21)26-18-23(34-2)13-14-27(26)35-3/h5-14,18,21H,4,15-17,19H2,1-3H3. The number of amides is 1. The molecule has 1 saturated heterocycles. The number of aryl methyl sites for hydroxylation is 1. The number of anilines is 1. The van der Waals surface area contributed by atoms with Gasteiger partial charge in [0.2, 0.25) is 5.91 Å². The second kappa shape index (κ2) is 10.3. The fourth-order valence-corrected chi connectivity index (χ4v) is 4.84. The highest BCUT2D eigenvalue weighted by atomic mass is 16.5. The number of aromatic nitrogens is 2. The van der Waals surface area contributed by atoms with Crippen LogP contribution in [0.15, 0.2) is 66.7 Å². The summed E-state index contributed by atoms with van der Waals surface area (Å²) in [5.41, 5.74) is 3.96. The van der Waals surface area contributed by atoms with Gasteiger partial charge in [-0.1, -0.05) is 31.2 Å². The molecule has 1 atom stereocenters. The Kier molecular flexibility index (Phi) is 6.80. The number of benzene rings is 3. The predicted octanol–water partition coefficient (Wildman–Crippen LogP) is 5.22. The van der Waals surface area contributed by atoms with Gasteiger partial charge in [0.1, 0.15) is 29.7 Å². The largest absolute Gasteiger partial charge is 0.497 e. The minimum atomic E-state index is -0.0513. The van der Waals surface area contributed by atoms with Crippen LogP contribution < -0.4 is 19.1 Å². The van der Waals surface area contributed by atoms with Crippen LogP contribution in [0.2, 0.25) is 0 Å².